The molecule has 5 aromatic carbocycles. The molecule has 0 fully saturated rings. The number of esters is 1. The van der Waals surface area contributed by atoms with Gasteiger partial charge >= 0.3 is 12.1 Å². The highest BCUT2D eigenvalue weighted by molar-refractivity contribution is 6.31. The summed E-state index contributed by atoms with van der Waals surface area (Å²) in [6, 6.07) is 39.7. The Morgan fingerprint density at radius 1 is 0.704 bits per heavy atom. The Morgan fingerprint density at radius 2 is 1.24 bits per heavy atom. The van der Waals surface area contributed by atoms with Crippen LogP contribution in [0.2, 0.25) is 5.02 Å². The Morgan fingerprint density at radius 3 is 1.83 bits per heavy atom. The molecule has 1 aliphatic carbocycles. The molecule has 1 aliphatic rings. The average Bonchev–Trinajstić information content (AvgIpc) is 3.49. The molecule has 7 nitrogen and oxygen atoms in total. The molecule has 0 aliphatic heterocycles. The van der Waals surface area contributed by atoms with Crippen molar-refractivity contribution in [3.63, 3.8) is 0 Å². The molecule has 0 heterocycles. The van der Waals surface area contributed by atoms with E-state index < -0.39 is 29.7 Å². The SMILES string of the molecule is Cc1ccc(C(OC(=O)C[C@@H](C)N(C)C(=O)[C@H](C(C)C)N(C)C(=O)OCC2c3ccccc3-c3ccccc32)(c2ccccc2)c2ccccc2Cl)cc1. The summed E-state index contributed by atoms with van der Waals surface area (Å²) in [7, 11) is 3.24. The van der Waals surface area contributed by atoms with Crippen LogP contribution in [0.3, 0.4) is 0 Å². The Kier molecular flexibility index (Phi) is 11.6. The van der Waals surface area contributed by atoms with Gasteiger partial charge in [-0.3, -0.25) is 14.5 Å². The standard InChI is InChI=1S/C46H47ClN2O5/c1-30(2)43(49(6)45(52)53-29-39-37-20-12-10-18-35(37)36-19-11-13-21-38(36)39)44(51)48(5)32(4)28-42(50)54-46(33-16-8-7-9-17-33,34-26-24-31(3)25-27-34)40-22-14-15-23-41(40)47/h7-27,30,32,39,43H,28-29H2,1-6H3/t32-,43+,46?/m1/s1. The smallest absolute Gasteiger partial charge is 0.410 e. The first-order valence-electron chi connectivity index (χ1n) is 18.4. The summed E-state index contributed by atoms with van der Waals surface area (Å²) in [5, 5.41) is 0.450. The number of benzene rings is 5. The van der Waals surface area contributed by atoms with E-state index in [0.717, 1.165) is 38.9 Å². The number of hydrogen-bond donors (Lipinski definition) is 0. The van der Waals surface area contributed by atoms with Crippen molar-refractivity contribution in [2.45, 2.75) is 57.7 Å². The van der Waals surface area contributed by atoms with Gasteiger partial charge in [0.15, 0.2) is 5.60 Å². The summed E-state index contributed by atoms with van der Waals surface area (Å²) in [4.78, 5) is 44.8. The molecule has 0 saturated carbocycles. The molecule has 0 bridgehead atoms. The van der Waals surface area contributed by atoms with E-state index in [0.29, 0.717) is 10.6 Å². The molecule has 0 spiro atoms. The maximum atomic E-state index is 14.2. The summed E-state index contributed by atoms with van der Waals surface area (Å²) >= 11 is 6.86. The van der Waals surface area contributed by atoms with Gasteiger partial charge in [-0.25, -0.2) is 4.79 Å². The van der Waals surface area contributed by atoms with Gasteiger partial charge in [0.1, 0.15) is 12.6 Å². The second kappa shape index (κ2) is 16.3. The lowest BCUT2D eigenvalue weighted by atomic mass is 9.79. The molecule has 0 saturated heterocycles. The number of likely N-dealkylation sites (N-methyl/N-ethyl adjacent to an activating group) is 2. The van der Waals surface area contributed by atoms with Gasteiger partial charge < -0.3 is 14.4 Å². The predicted molar refractivity (Wildman–Crippen MR) is 213 cm³/mol. The van der Waals surface area contributed by atoms with Gasteiger partial charge in [-0.15, -0.1) is 0 Å². The maximum absolute atomic E-state index is 14.2. The van der Waals surface area contributed by atoms with Crippen LogP contribution in [0, 0.1) is 12.8 Å². The van der Waals surface area contributed by atoms with Crippen molar-refractivity contribution >= 4 is 29.6 Å². The lowest BCUT2D eigenvalue weighted by Crippen LogP contribution is -2.53. The number of carbonyl (C=O) groups is 3. The first-order valence-corrected chi connectivity index (χ1v) is 18.8. The third kappa shape index (κ3) is 7.51. The van der Waals surface area contributed by atoms with Gasteiger partial charge in [-0.1, -0.05) is 152 Å². The quantitative estimate of drug-likeness (QED) is 0.0940. The van der Waals surface area contributed by atoms with Crippen molar-refractivity contribution in [3.05, 3.63) is 166 Å². The second-order valence-electron chi connectivity index (χ2n) is 14.5. The minimum Gasteiger partial charge on any atom is -0.448 e. The molecule has 3 atom stereocenters. The van der Waals surface area contributed by atoms with Crippen LogP contribution >= 0.6 is 11.6 Å². The van der Waals surface area contributed by atoms with Crippen LogP contribution < -0.4 is 0 Å². The van der Waals surface area contributed by atoms with Crippen LogP contribution in [0.25, 0.3) is 11.1 Å². The summed E-state index contributed by atoms with van der Waals surface area (Å²) in [5.41, 5.74) is 6.28. The van der Waals surface area contributed by atoms with E-state index in [1.54, 1.807) is 27.1 Å². The number of rotatable bonds is 12. The second-order valence-corrected chi connectivity index (χ2v) is 14.9. The van der Waals surface area contributed by atoms with Gasteiger partial charge in [0.25, 0.3) is 0 Å². The molecule has 2 amide bonds. The monoisotopic (exact) mass is 742 g/mol. The van der Waals surface area contributed by atoms with Crippen LogP contribution in [0.1, 0.15) is 66.5 Å². The summed E-state index contributed by atoms with van der Waals surface area (Å²) in [6.45, 7) is 7.72. The molecule has 8 heteroatoms. The minimum atomic E-state index is -1.36. The molecule has 0 radical (unpaired) electrons. The van der Waals surface area contributed by atoms with Gasteiger partial charge in [0.2, 0.25) is 5.91 Å². The van der Waals surface area contributed by atoms with Gasteiger partial charge in [0.05, 0.1) is 6.42 Å². The van der Waals surface area contributed by atoms with E-state index in [-0.39, 0.29) is 30.8 Å². The number of carbonyl (C=O) groups excluding carboxylic acids is 3. The molecular weight excluding hydrogens is 696 g/mol. The minimum absolute atomic E-state index is 0.105. The molecule has 0 N–H and O–H groups in total. The largest absolute Gasteiger partial charge is 0.448 e. The lowest BCUT2D eigenvalue weighted by molar-refractivity contribution is -0.155. The molecule has 6 rings (SSSR count). The van der Waals surface area contributed by atoms with Crippen molar-refractivity contribution in [2.75, 3.05) is 20.7 Å². The van der Waals surface area contributed by atoms with Crippen molar-refractivity contribution in [1.29, 1.82) is 0 Å². The van der Waals surface area contributed by atoms with E-state index in [1.165, 1.54) is 9.80 Å². The number of hydrogen-bond acceptors (Lipinski definition) is 5. The van der Waals surface area contributed by atoms with Gasteiger partial charge in [-0.05, 0) is 48.1 Å². The van der Waals surface area contributed by atoms with Crippen LogP contribution in [0.5, 0.6) is 0 Å². The maximum Gasteiger partial charge on any atom is 0.410 e. The van der Waals surface area contributed by atoms with Gasteiger partial charge in [0, 0.05) is 47.8 Å². The van der Waals surface area contributed by atoms with E-state index in [1.807, 2.05) is 118 Å². The van der Waals surface area contributed by atoms with Crippen molar-refractivity contribution < 1.29 is 23.9 Å². The molecule has 278 valence electrons. The average molecular weight is 743 g/mol. The third-order valence-electron chi connectivity index (χ3n) is 10.6. The molecule has 5 aromatic rings. The molecular formula is C46H47ClN2O5. The predicted octanol–water partition coefficient (Wildman–Crippen LogP) is 9.63. The third-order valence-corrected chi connectivity index (χ3v) is 10.9. The van der Waals surface area contributed by atoms with Crippen LogP contribution in [0.15, 0.2) is 127 Å². The van der Waals surface area contributed by atoms with E-state index in [9.17, 15) is 14.4 Å². The zero-order valence-electron chi connectivity index (χ0n) is 31.7. The van der Waals surface area contributed by atoms with Crippen molar-refractivity contribution in [1.82, 2.24) is 9.80 Å². The lowest BCUT2D eigenvalue weighted by Gasteiger charge is -2.37. The molecule has 54 heavy (non-hydrogen) atoms. The van der Waals surface area contributed by atoms with Crippen LogP contribution in [-0.2, 0) is 24.7 Å². The first-order chi connectivity index (χ1) is 25.9. The van der Waals surface area contributed by atoms with E-state index in [2.05, 4.69) is 24.3 Å². The fourth-order valence-electron chi connectivity index (χ4n) is 7.58. The number of ether oxygens (including phenoxy) is 2. The number of aryl methyl sites for hydroxylation is 1. The number of amides is 2. The van der Waals surface area contributed by atoms with Gasteiger partial charge in [-0.2, -0.15) is 0 Å². The van der Waals surface area contributed by atoms with E-state index >= 15 is 0 Å². The van der Waals surface area contributed by atoms with Crippen LogP contribution in [-0.4, -0.2) is 60.6 Å². The summed E-state index contributed by atoms with van der Waals surface area (Å²) < 4.78 is 12.5. The summed E-state index contributed by atoms with van der Waals surface area (Å²) in [6.07, 6.45) is -0.693. The fraction of sp³-hybridized carbons (Fsp3) is 0.283. The fourth-order valence-corrected chi connectivity index (χ4v) is 7.85. The first kappa shape index (κ1) is 38.3. The number of nitrogens with zero attached hydrogens (tertiary/aromatic N) is 2. The normalized spacial score (nSPS) is 14.3. The zero-order valence-corrected chi connectivity index (χ0v) is 32.4. The topological polar surface area (TPSA) is 76.2 Å². The van der Waals surface area contributed by atoms with Crippen molar-refractivity contribution in [2.24, 2.45) is 5.92 Å². The van der Waals surface area contributed by atoms with Crippen LogP contribution in [0.4, 0.5) is 4.79 Å². The molecule has 0 aromatic heterocycles. The van der Waals surface area contributed by atoms with E-state index in [4.69, 9.17) is 21.1 Å². The Hall–Kier alpha value is -5.40. The highest BCUT2D eigenvalue weighted by Crippen LogP contribution is 2.45. The highest BCUT2D eigenvalue weighted by atomic mass is 35.5. The highest BCUT2D eigenvalue weighted by Gasteiger charge is 2.43. The zero-order chi connectivity index (χ0) is 38.6. The number of fused-ring (bicyclic) bond motifs is 3. The van der Waals surface area contributed by atoms with Crippen molar-refractivity contribution in [3.8, 4) is 11.1 Å². The Balaban J connectivity index is 1.19. The summed E-state index contributed by atoms with van der Waals surface area (Å²) in [5.74, 6) is -1.17. The Bertz CT molecular complexity index is 2070. The number of halogens is 1. The molecule has 1 unspecified atom stereocenters. The Labute approximate surface area is 323 Å².